The number of imidazole rings is 1. The number of halogens is 1. The maximum absolute atomic E-state index is 13.3. The molecule has 0 aliphatic carbocycles. The van der Waals surface area contributed by atoms with Crippen molar-refractivity contribution < 1.29 is 9.13 Å². The lowest BCUT2D eigenvalue weighted by Crippen LogP contribution is -2.26. The number of fused-ring (bicyclic) bond motifs is 1. The number of hydrogen-bond donors (Lipinski definition) is 2. The van der Waals surface area contributed by atoms with Crippen LogP contribution in [0, 0.1) is 0 Å². The number of likely N-dealkylation sites (tertiary alicyclic amines) is 1. The number of aliphatic imine (C=N–C) groups is 1. The van der Waals surface area contributed by atoms with Gasteiger partial charge >= 0.3 is 0 Å². The molecule has 3 aromatic heterocycles. The third-order valence-electron chi connectivity index (χ3n) is 6.51. The number of anilines is 1. The third-order valence-corrected chi connectivity index (χ3v) is 6.51. The molecule has 196 valence electrons. The highest BCUT2D eigenvalue weighted by molar-refractivity contribution is 6.09. The first-order valence-corrected chi connectivity index (χ1v) is 12.6. The Morgan fingerprint density at radius 1 is 1.21 bits per heavy atom. The van der Waals surface area contributed by atoms with E-state index in [0.29, 0.717) is 38.5 Å². The molecule has 38 heavy (non-hydrogen) atoms. The monoisotopic (exact) mass is 514 g/mol. The predicted molar refractivity (Wildman–Crippen MR) is 148 cm³/mol. The van der Waals surface area contributed by atoms with Gasteiger partial charge < -0.3 is 15.8 Å². The van der Waals surface area contributed by atoms with Crippen LogP contribution < -0.4 is 15.8 Å². The van der Waals surface area contributed by atoms with Gasteiger partial charge in [0.05, 0.1) is 17.6 Å². The van der Waals surface area contributed by atoms with Gasteiger partial charge in [0.25, 0.3) is 0 Å². The van der Waals surface area contributed by atoms with E-state index in [1.807, 2.05) is 53.1 Å². The number of nitrogens with one attached hydrogen (secondary N) is 1. The zero-order valence-corrected chi connectivity index (χ0v) is 21.3. The van der Waals surface area contributed by atoms with E-state index in [-0.39, 0.29) is 0 Å². The molecule has 1 aliphatic rings. The van der Waals surface area contributed by atoms with Crippen LogP contribution in [-0.4, -0.2) is 69.9 Å². The zero-order valence-electron chi connectivity index (χ0n) is 21.3. The van der Waals surface area contributed by atoms with Gasteiger partial charge in [0.2, 0.25) is 0 Å². The third kappa shape index (κ3) is 5.97. The van der Waals surface area contributed by atoms with Crippen LogP contribution in [0.3, 0.4) is 0 Å². The van der Waals surface area contributed by atoms with Crippen molar-refractivity contribution in [1.29, 1.82) is 0 Å². The maximum atomic E-state index is 13.3. The number of nitrogens with two attached hydrogens (primary N) is 1. The molecule has 5 rings (SSSR count). The van der Waals surface area contributed by atoms with Crippen molar-refractivity contribution in [3.05, 3.63) is 78.5 Å². The Labute approximate surface area is 220 Å². The van der Waals surface area contributed by atoms with E-state index in [1.54, 1.807) is 32.0 Å². The molecular formula is C28H31FN8O. The molecule has 0 bridgehead atoms. The van der Waals surface area contributed by atoms with Crippen molar-refractivity contribution in [3.8, 4) is 17.1 Å². The Kier molecular flexibility index (Phi) is 7.89. The predicted octanol–water partition coefficient (Wildman–Crippen LogP) is 3.83. The van der Waals surface area contributed by atoms with Crippen molar-refractivity contribution in [2.75, 3.05) is 38.6 Å². The SMILES string of the molecule is CN=CC(=CN)c1ccc(CNc2cc(-c3cnc4cc(OCCN5CCC(F)C5)ccn34)ncn2)cc1. The first-order chi connectivity index (χ1) is 18.6. The molecule has 1 unspecified atom stereocenters. The summed E-state index contributed by atoms with van der Waals surface area (Å²) in [5, 5.41) is 3.36. The summed E-state index contributed by atoms with van der Waals surface area (Å²) in [5.41, 5.74) is 11.1. The topological polar surface area (TPSA) is 106 Å². The summed E-state index contributed by atoms with van der Waals surface area (Å²) in [4.78, 5) is 19.5. The number of rotatable bonds is 10. The molecule has 0 saturated carbocycles. The average molecular weight is 515 g/mol. The van der Waals surface area contributed by atoms with Gasteiger partial charge in [-0.15, -0.1) is 0 Å². The van der Waals surface area contributed by atoms with Crippen LogP contribution in [0.15, 0.2) is 72.4 Å². The molecule has 1 saturated heterocycles. The van der Waals surface area contributed by atoms with Crippen LogP contribution in [0.4, 0.5) is 10.2 Å². The molecule has 10 heteroatoms. The summed E-state index contributed by atoms with van der Waals surface area (Å²) in [6.07, 6.45) is 8.44. The van der Waals surface area contributed by atoms with E-state index in [9.17, 15) is 4.39 Å². The Morgan fingerprint density at radius 3 is 2.84 bits per heavy atom. The summed E-state index contributed by atoms with van der Waals surface area (Å²) in [6, 6.07) is 13.8. The second kappa shape index (κ2) is 11.8. The van der Waals surface area contributed by atoms with Gasteiger partial charge in [-0.3, -0.25) is 14.3 Å². The lowest BCUT2D eigenvalue weighted by molar-refractivity contribution is 0.224. The van der Waals surface area contributed by atoms with E-state index in [4.69, 9.17) is 10.5 Å². The number of pyridine rings is 1. The highest BCUT2D eigenvalue weighted by Gasteiger charge is 2.21. The van der Waals surface area contributed by atoms with Gasteiger partial charge in [0, 0.05) is 69.5 Å². The van der Waals surface area contributed by atoms with E-state index in [2.05, 4.69) is 30.2 Å². The number of nitrogens with zero attached hydrogens (tertiary/aromatic N) is 6. The molecule has 1 atom stereocenters. The fourth-order valence-electron chi connectivity index (χ4n) is 4.48. The van der Waals surface area contributed by atoms with Crippen molar-refractivity contribution in [2.24, 2.45) is 10.7 Å². The van der Waals surface area contributed by atoms with Gasteiger partial charge in [-0.1, -0.05) is 24.3 Å². The van der Waals surface area contributed by atoms with Crippen molar-refractivity contribution in [1.82, 2.24) is 24.3 Å². The van der Waals surface area contributed by atoms with E-state index in [1.165, 1.54) is 0 Å². The van der Waals surface area contributed by atoms with Crippen molar-refractivity contribution in [3.63, 3.8) is 0 Å². The lowest BCUT2D eigenvalue weighted by atomic mass is 10.1. The summed E-state index contributed by atoms with van der Waals surface area (Å²) < 4.78 is 21.2. The van der Waals surface area contributed by atoms with Crippen LogP contribution in [0.25, 0.3) is 22.6 Å². The molecular weight excluding hydrogens is 483 g/mol. The largest absolute Gasteiger partial charge is 0.492 e. The highest BCUT2D eigenvalue weighted by atomic mass is 19.1. The Bertz CT molecular complexity index is 1430. The normalized spacial score (nSPS) is 16.5. The Balaban J connectivity index is 1.22. The smallest absolute Gasteiger partial charge is 0.140 e. The molecule has 0 spiro atoms. The summed E-state index contributed by atoms with van der Waals surface area (Å²) in [7, 11) is 1.72. The standard InChI is InChI=1S/C28H31FN8O/c1-31-16-22(14-30)21-4-2-20(3-5-21)15-32-27-13-25(34-19-35-27)26-17-33-28-12-24(7-9-37(26)28)38-11-10-36-8-6-23(29)18-36/h2-5,7,9,12-14,16-17,19,23H,6,8,10-11,15,18,30H2,1H3,(H,32,34,35). The average Bonchev–Trinajstić information content (AvgIpc) is 3.56. The first kappa shape index (κ1) is 25.3. The summed E-state index contributed by atoms with van der Waals surface area (Å²) in [6.45, 7) is 3.12. The summed E-state index contributed by atoms with van der Waals surface area (Å²) >= 11 is 0. The molecule has 9 nitrogen and oxygen atoms in total. The first-order valence-electron chi connectivity index (χ1n) is 12.6. The van der Waals surface area contributed by atoms with Gasteiger partial charge in [0.15, 0.2) is 0 Å². The molecule has 0 amide bonds. The van der Waals surface area contributed by atoms with Gasteiger partial charge in [-0.25, -0.2) is 19.3 Å². The van der Waals surface area contributed by atoms with Gasteiger partial charge in [-0.05, 0) is 23.6 Å². The van der Waals surface area contributed by atoms with Crippen LogP contribution in [0.5, 0.6) is 5.75 Å². The maximum Gasteiger partial charge on any atom is 0.140 e. The van der Waals surface area contributed by atoms with Crippen LogP contribution >= 0.6 is 0 Å². The minimum absolute atomic E-state index is 0.496. The highest BCUT2D eigenvalue weighted by Crippen LogP contribution is 2.23. The van der Waals surface area contributed by atoms with Crippen LogP contribution in [0.1, 0.15) is 17.5 Å². The van der Waals surface area contributed by atoms with Gasteiger partial charge in [0.1, 0.15) is 36.3 Å². The fourth-order valence-corrected chi connectivity index (χ4v) is 4.48. The fraction of sp³-hybridized carbons (Fsp3) is 0.286. The molecule has 4 heterocycles. The number of alkyl halides is 1. The quantitative estimate of drug-likeness (QED) is 0.310. The van der Waals surface area contributed by atoms with Crippen LogP contribution in [-0.2, 0) is 6.54 Å². The Morgan fingerprint density at radius 2 is 2.08 bits per heavy atom. The number of ether oxygens (including phenoxy) is 1. The van der Waals surface area contributed by atoms with Crippen LogP contribution in [0.2, 0.25) is 0 Å². The minimum atomic E-state index is -0.715. The molecule has 4 aromatic rings. The number of hydrogen-bond acceptors (Lipinski definition) is 8. The number of allylic oxidation sites excluding steroid dienone is 1. The summed E-state index contributed by atoms with van der Waals surface area (Å²) in [5.74, 6) is 1.45. The zero-order chi connectivity index (χ0) is 26.3. The second-order valence-electron chi connectivity index (χ2n) is 9.12. The van der Waals surface area contributed by atoms with E-state index < -0.39 is 6.17 Å². The lowest BCUT2D eigenvalue weighted by Gasteiger charge is -2.15. The molecule has 1 fully saturated rings. The van der Waals surface area contributed by atoms with E-state index >= 15 is 0 Å². The minimum Gasteiger partial charge on any atom is -0.492 e. The molecule has 0 radical (unpaired) electrons. The van der Waals surface area contributed by atoms with Gasteiger partial charge in [-0.2, -0.15) is 0 Å². The second-order valence-corrected chi connectivity index (χ2v) is 9.12. The Hall–Kier alpha value is -4.31. The number of aromatic nitrogens is 4. The molecule has 1 aliphatic heterocycles. The molecule has 1 aromatic carbocycles. The van der Waals surface area contributed by atoms with Crippen molar-refractivity contribution >= 4 is 23.3 Å². The number of benzene rings is 1. The van der Waals surface area contributed by atoms with E-state index in [0.717, 1.165) is 46.0 Å². The van der Waals surface area contributed by atoms with Crippen molar-refractivity contribution in [2.45, 2.75) is 19.1 Å². The molecule has 3 N–H and O–H groups in total.